The highest BCUT2D eigenvalue weighted by atomic mass is 127. The SMILES string of the molecule is N#Cc1cc2ccccc2nc1Oc1ccccc1I. The van der Waals surface area contributed by atoms with Gasteiger partial charge in [-0.05, 0) is 46.9 Å². The molecule has 3 rings (SSSR count). The maximum atomic E-state index is 9.25. The molecule has 0 aliphatic rings. The Labute approximate surface area is 130 Å². The van der Waals surface area contributed by atoms with Gasteiger partial charge in [0.2, 0.25) is 5.88 Å². The van der Waals surface area contributed by atoms with Gasteiger partial charge in [-0.2, -0.15) is 5.26 Å². The Bertz CT molecular complexity index is 824. The van der Waals surface area contributed by atoms with Gasteiger partial charge in [-0.25, -0.2) is 4.98 Å². The molecule has 0 amide bonds. The highest BCUT2D eigenvalue weighted by Gasteiger charge is 2.10. The Hall–Kier alpha value is -2.13. The van der Waals surface area contributed by atoms with Crippen LogP contribution >= 0.6 is 22.6 Å². The number of halogens is 1. The van der Waals surface area contributed by atoms with E-state index in [0.717, 1.165) is 14.5 Å². The molecule has 4 heteroatoms. The molecule has 0 bridgehead atoms. The van der Waals surface area contributed by atoms with Crippen molar-refractivity contribution in [1.29, 1.82) is 5.26 Å². The van der Waals surface area contributed by atoms with Crippen LogP contribution in [-0.4, -0.2) is 4.98 Å². The number of pyridine rings is 1. The Morgan fingerprint density at radius 2 is 1.80 bits per heavy atom. The maximum Gasteiger partial charge on any atom is 0.237 e. The molecule has 0 aliphatic heterocycles. The molecule has 3 nitrogen and oxygen atoms in total. The number of fused-ring (bicyclic) bond motifs is 1. The fourth-order valence-electron chi connectivity index (χ4n) is 1.89. The predicted octanol–water partition coefficient (Wildman–Crippen LogP) is 4.50. The average molecular weight is 372 g/mol. The lowest BCUT2D eigenvalue weighted by Crippen LogP contribution is -1.94. The van der Waals surface area contributed by atoms with Gasteiger partial charge < -0.3 is 4.74 Å². The standard InChI is InChI=1S/C16H9IN2O/c17-13-6-2-4-8-15(13)20-16-12(10-18)9-11-5-1-3-7-14(11)19-16/h1-9H. The summed E-state index contributed by atoms with van der Waals surface area (Å²) in [5.74, 6) is 1.04. The van der Waals surface area contributed by atoms with Crippen molar-refractivity contribution in [3.05, 3.63) is 63.7 Å². The van der Waals surface area contributed by atoms with E-state index in [4.69, 9.17) is 4.74 Å². The number of nitrogens with zero attached hydrogens (tertiary/aromatic N) is 2. The first-order chi connectivity index (χ1) is 9.78. The molecule has 96 valence electrons. The minimum atomic E-state index is 0.343. The minimum absolute atomic E-state index is 0.343. The van der Waals surface area contributed by atoms with E-state index in [-0.39, 0.29) is 0 Å². The van der Waals surface area contributed by atoms with Gasteiger partial charge in [0.25, 0.3) is 0 Å². The molecule has 0 atom stereocenters. The number of benzene rings is 2. The van der Waals surface area contributed by atoms with Crippen LogP contribution < -0.4 is 4.74 Å². The highest BCUT2D eigenvalue weighted by molar-refractivity contribution is 14.1. The molecule has 0 fully saturated rings. The quantitative estimate of drug-likeness (QED) is 0.622. The molecule has 20 heavy (non-hydrogen) atoms. The molecule has 1 aromatic heterocycles. The summed E-state index contributed by atoms with van der Waals surface area (Å²) in [5, 5.41) is 10.2. The molecular formula is C16H9IN2O. The number of nitriles is 1. The van der Waals surface area contributed by atoms with Crippen LogP contribution in [0, 0.1) is 14.9 Å². The zero-order chi connectivity index (χ0) is 13.9. The number of hydrogen-bond acceptors (Lipinski definition) is 3. The molecular weight excluding hydrogens is 363 g/mol. The fourth-order valence-corrected chi connectivity index (χ4v) is 2.39. The molecule has 0 N–H and O–H groups in total. The smallest absolute Gasteiger partial charge is 0.237 e. The number of hydrogen-bond donors (Lipinski definition) is 0. The van der Waals surface area contributed by atoms with Crippen LogP contribution in [0.1, 0.15) is 5.56 Å². The van der Waals surface area contributed by atoms with Crippen molar-refractivity contribution in [1.82, 2.24) is 4.98 Å². The summed E-state index contributed by atoms with van der Waals surface area (Å²) in [7, 11) is 0. The molecule has 0 unspecified atom stereocenters. The third-order valence-electron chi connectivity index (χ3n) is 2.85. The van der Waals surface area contributed by atoms with Crippen LogP contribution in [0.3, 0.4) is 0 Å². The van der Waals surface area contributed by atoms with E-state index >= 15 is 0 Å². The van der Waals surface area contributed by atoms with Crippen molar-refractivity contribution in [3.63, 3.8) is 0 Å². The molecule has 0 radical (unpaired) electrons. The lowest BCUT2D eigenvalue weighted by Gasteiger charge is -2.09. The average Bonchev–Trinajstić information content (AvgIpc) is 2.49. The summed E-state index contributed by atoms with van der Waals surface area (Å²) in [6.07, 6.45) is 0. The second-order valence-electron chi connectivity index (χ2n) is 4.18. The van der Waals surface area contributed by atoms with E-state index in [1.54, 1.807) is 6.07 Å². The van der Waals surface area contributed by atoms with Crippen molar-refractivity contribution in [3.8, 4) is 17.7 Å². The molecule has 0 spiro atoms. The highest BCUT2D eigenvalue weighted by Crippen LogP contribution is 2.29. The summed E-state index contributed by atoms with van der Waals surface area (Å²) >= 11 is 2.19. The summed E-state index contributed by atoms with van der Waals surface area (Å²) in [6.45, 7) is 0. The first-order valence-electron chi connectivity index (χ1n) is 6.00. The van der Waals surface area contributed by atoms with Gasteiger partial charge in [0.15, 0.2) is 0 Å². The van der Waals surface area contributed by atoms with Crippen LogP contribution in [0.5, 0.6) is 11.6 Å². The number of para-hydroxylation sites is 2. The Morgan fingerprint density at radius 1 is 1.05 bits per heavy atom. The largest absolute Gasteiger partial charge is 0.437 e. The molecule has 1 heterocycles. The van der Waals surface area contributed by atoms with E-state index in [1.807, 2.05) is 48.5 Å². The van der Waals surface area contributed by atoms with Crippen molar-refractivity contribution in [2.24, 2.45) is 0 Å². The predicted molar refractivity (Wildman–Crippen MR) is 85.7 cm³/mol. The van der Waals surface area contributed by atoms with Gasteiger partial charge in [-0.15, -0.1) is 0 Å². The third-order valence-corrected chi connectivity index (χ3v) is 3.74. The molecule has 2 aromatic carbocycles. The van der Waals surface area contributed by atoms with Crippen molar-refractivity contribution in [2.45, 2.75) is 0 Å². The van der Waals surface area contributed by atoms with Crippen LogP contribution in [0.2, 0.25) is 0 Å². The maximum absolute atomic E-state index is 9.25. The van der Waals surface area contributed by atoms with Crippen molar-refractivity contribution < 1.29 is 4.74 Å². The van der Waals surface area contributed by atoms with Gasteiger partial charge in [0.05, 0.1) is 9.09 Å². The van der Waals surface area contributed by atoms with Crippen molar-refractivity contribution in [2.75, 3.05) is 0 Å². The monoisotopic (exact) mass is 372 g/mol. The lowest BCUT2D eigenvalue weighted by molar-refractivity contribution is 0.460. The van der Waals surface area contributed by atoms with Crippen LogP contribution in [0.25, 0.3) is 10.9 Å². The van der Waals surface area contributed by atoms with Gasteiger partial charge >= 0.3 is 0 Å². The first kappa shape index (κ1) is 12.9. The summed E-state index contributed by atoms with van der Waals surface area (Å²) in [5.41, 5.74) is 1.25. The van der Waals surface area contributed by atoms with E-state index in [1.165, 1.54) is 0 Å². The van der Waals surface area contributed by atoms with Crippen LogP contribution in [0.15, 0.2) is 54.6 Å². The second kappa shape index (κ2) is 5.47. The zero-order valence-corrected chi connectivity index (χ0v) is 12.5. The van der Waals surface area contributed by atoms with Gasteiger partial charge in [0.1, 0.15) is 17.4 Å². The lowest BCUT2D eigenvalue weighted by atomic mass is 10.1. The second-order valence-corrected chi connectivity index (χ2v) is 5.34. The molecule has 3 aromatic rings. The van der Waals surface area contributed by atoms with E-state index in [0.29, 0.717) is 17.2 Å². The van der Waals surface area contributed by atoms with Gasteiger partial charge in [0, 0.05) is 5.39 Å². The normalized spacial score (nSPS) is 10.2. The number of rotatable bonds is 2. The van der Waals surface area contributed by atoms with E-state index in [2.05, 4.69) is 33.6 Å². The Kier molecular flexibility index (Phi) is 3.52. The van der Waals surface area contributed by atoms with E-state index in [9.17, 15) is 5.26 Å². The molecule has 0 aliphatic carbocycles. The Morgan fingerprint density at radius 3 is 2.60 bits per heavy atom. The first-order valence-corrected chi connectivity index (χ1v) is 7.08. The molecule has 0 saturated heterocycles. The molecule has 0 saturated carbocycles. The summed E-state index contributed by atoms with van der Waals surface area (Å²) < 4.78 is 6.77. The Balaban J connectivity index is 2.11. The number of ether oxygens (including phenoxy) is 1. The van der Waals surface area contributed by atoms with Gasteiger partial charge in [-0.1, -0.05) is 30.3 Å². The summed E-state index contributed by atoms with van der Waals surface area (Å²) in [4.78, 5) is 4.43. The number of aromatic nitrogens is 1. The fraction of sp³-hybridized carbons (Fsp3) is 0. The van der Waals surface area contributed by atoms with Gasteiger partial charge in [-0.3, -0.25) is 0 Å². The van der Waals surface area contributed by atoms with Crippen molar-refractivity contribution >= 4 is 33.5 Å². The summed E-state index contributed by atoms with van der Waals surface area (Å²) in [6, 6.07) is 19.2. The van der Waals surface area contributed by atoms with Crippen LogP contribution in [-0.2, 0) is 0 Å². The van der Waals surface area contributed by atoms with Crippen LogP contribution in [0.4, 0.5) is 0 Å². The topological polar surface area (TPSA) is 45.9 Å². The zero-order valence-electron chi connectivity index (χ0n) is 10.4. The van der Waals surface area contributed by atoms with E-state index < -0.39 is 0 Å². The third kappa shape index (κ3) is 2.45. The minimum Gasteiger partial charge on any atom is -0.437 e.